The fourth-order valence-electron chi connectivity index (χ4n) is 3.74. The number of rotatable bonds is 6. The number of nitrogens with zero attached hydrogens (tertiary/aromatic N) is 3. The quantitative estimate of drug-likeness (QED) is 0.526. The molecule has 194 valence electrons. The van der Waals surface area contributed by atoms with Crippen LogP contribution in [-0.2, 0) is 21.2 Å². The van der Waals surface area contributed by atoms with Gasteiger partial charge in [0.25, 0.3) is 0 Å². The van der Waals surface area contributed by atoms with Crippen molar-refractivity contribution in [2.45, 2.75) is 71.0 Å². The third-order valence-electron chi connectivity index (χ3n) is 5.29. The van der Waals surface area contributed by atoms with Crippen molar-refractivity contribution in [1.82, 2.24) is 15.1 Å². The number of ether oxygens (including phenoxy) is 3. The first kappa shape index (κ1) is 27.2. The smallest absolute Gasteiger partial charge is 0.419 e. The molecule has 0 radical (unpaired) electrons. The Hall–Kier alpha value is -2.44. The molecular formula is C23H30F3N3O5S. The van der Waals surface area contributed by atoms with Gasteiger partial charge >= 0.3 is 12.3 Å². The van der Waals surface area contributed by atoms with Crippen molar-refractivity contribution in [1.29, 1.82) is 0 Å². The maximum Gasteiger partial charge on any atom is 0.419 e. The van der Waals surface area contributed by atoms with Gasteiger partial charge in [-0.3, -0.25) is 4.90 Å². The zero-order valence-corrected chi connectivity index (χ0v) is 21.3. The van der Waals surface area contributed by atoms with Gasteiger partial charge in [-0.25, -0.2) is 4.79 Å². The Morgan fingerprint density at radius 1 is 1.23 bits per heavy atom. The molecule has 1 aliphatic heterocycles. The van der Waals surface area contributed by atoms with Gasteiger partial charge in [-0.15, -0.1) is 10.2 Å². The molecule has 1 saturated heterocycles. The summed E-state index contributed by atoms with van der Waals surface area (Å²) < 4.78 is 57.7. The van der Waals surface area contributed by atoms with Gasteiger partial charge in [0.2, 0.25) is 0 Å². The number of benzene rings is 1. The molecule has 2 aromatic rings. The average Bonchev–Trinajstić information content (AvgIpc) is 3.30. The van der Waals surface area contributed by atoms with E-state index < -0.39 is 34.7 Å². The molecule has 1 fully saturated rings. The van der Waals surface area contributed by atoms with E-state index in [1.54, 1.807) is 41.5 Å². The first-order valence-electron chi connectivity index (χ1n) is 11.0. The molecule has 0 unspecified atom stereocenters. The van der Waals surface area contributed by atoms with Gasteiger partial charge in [0.1, 0.15) is 32.6 Å². The fourth-order valence-corrected chi connectivity index (χ4v) is 4.70. The number of aromatic nitrogens is 2. The minimum absolute atomic E-state index is 0.0451. The molecule has 1 atom stereocenters. The summed E-state index contributed by atoms with van der Waals surface area (Å²) in [7, 11) is 0. The molecule has 35 heavy (non-hydrogen) atoms. The highest BCUT2D eigenvalue weighted by atomic mass is 32.1. The number of halogens is 3. The van der Waals surface area contributed by atoms with Crippen molar-refractivity contribution < 1.29 is 37.3 Å². The topological polar surface area (TPSA) is 94.0 Å². The molecule has 0 spiro atoms. The van der Waals surface area contributed by atoms with Crippen LogP contribution in [0.3, 0.4) is 0 Å². The Bertz CT molecular complexity index is 1070. The summed E-state index contributed by atoms with van der Waals surface area (Å²) in [5, 5.41) is 17.8. The third kappa shape index (κ3) is 5.87. The molecule has 1 amide bonds. The van der Waals surface area contributed by atoms with E-state index in [0.29, 0.717) is 5.01 Å². The zero-order valence-electron chi connectivity index (χ0n) is 20.5. The van der Waals surface area contributed by atoms with Gasteiger partial charge in [-0.05, 0) is 59.7 Å². The number of aliphatic hydroxyl groups is 1. The Morgan fingerprint density at radius 2 is 1.91 bits per heavy atom. The summed E-state index contributed by atoms with van der Waals surface area (Å²) in [6.45, 7) is 10.4. The predicted molar refractivity (Wildman–Crippen MR) is 123 cm³/mol. The van der Waals surface area contributed by atoms with Crippen LogP contribution in [0.15, 0.2) is 18.2 Å². The van der Waals surface area contributed by atoms with Crippen LogP contribution in [0, 0.1) is 0 Å². The number of carbonyl (C=O) groups is 1. The van der Waals surface area contributed by atoms with Crippen molar-refractivity contribution >= 4 is 17.4 Å². The number of alkyl halides is 3. The highest BCUT2D eigenvalue weighted by Crippen LogP contribution is 2.45. The van der Waals surface area contributed by atoms with E-state index in [1.165, 1.54) is 17.0 Å². The Labute approximate surface area is 206 Å². The van der Waals surface area contributed by atoms with Crippen LogP contribution in [0.25, 0.3) is 10.6 Å². The largest absolute Gasteiger partial charge is 0.493 e. The normalized spacial score (nSPS) is 20.2. The lowest BCUT2D eigenvalue weighted by atomic mass is 10.0. The lowest BCUT2D eigenvalue weighted by Gasteiger charge is -2.39. The zero-order chi connectivity index (χ0) is 26.2. The number of amides is 1. The second kappa shape index (κ2) is 9.55. The average molecular weight is 518 g/mol. The molecule has 0 bridgehead atoms. The number of hydrogen-bond acceptors (Lipinski definition) is 8. The van der Waals surface area contributed by atoms with E-state index >= 15 is 0 Å². The van der Waals surface area contributed by atoms with Crippen LogP contribution in [-0.4, -0.2) is 57.4 Å². The number of aliphatic hydroxyl groups excluding tert-OH is 1. The predicted octanol–water partition coefficient (Wildman–Crippen LogP) is 5.20. The molecule has 1 aliphatic rings. The highest BCUT2D eigenvalue weighted by Gasteiger charge is 2.55. The van der Waals surface area contributed by atoms with E-state index in [0.717, 1.165) is 17.4 Å². The molecule has 1 N–H and O–H groups in total. The summed E-state index contributed by atoms with van der Waals surface area (Å²) in [5.41, 5.74) is -3.52. The monoisotopic (exact) mass is 517 g/mol. The van der Waals surface area contributed by atoms with E-state index in [1.807, 2.05) is 0 Å². The number of carbonyl (C=O) groups excluding carboxylic acids is 1. The van der Waals surface area contributed by atoms with Gasteiger partial charge < -0.3 is 19.3 Å². The molecular weight excluding hydrogens is 487 g/mol. The fraction of sp³-hybridized carbons (Fsp3) is 0.609. The molecule has 0 saturated carbocycles. The second-order valence-electron chi connectivity index (χ2n) is 9.87. The van der Waals surface area contributed by atoms with E-state index in [9.17, 15) is 18.0 Å². The number of hydrogen-bond donors (Lipinski definition) is 1. The van der Waals surface area contributed by atoms with Crippen molar-refractivity contribution in [3.05, 3.63) is 28.8 Å². The van der Waals surface area contributed by atoms with Crippen LogP contribution >= 0.6 is 11.3 Å². The lowest BCUT2D eigenvalue weighted by molar-refractivity contribution is -0.138. The van der Waals surface area contributed by atoms with Gasteiger partial charge in [-0.1, -0.05) is 11.3 Å². The molecule has 1 aromatic heterocycles. The minimum Gasteiger partial charge on any atom is -0.493 e. The van der Waals surface area contributed by atoms with Crippen LogP contribution in [0.4, 0.5) is 18.0 Å². The third-order valence-corrected chi connectivity index (χ3v) is 6.52. The van der Waals surface area contributed by atoms with E-state index in [2.05, 4.69) is 10.2 Å². The van der Waals surface area contributed by atoms with Crippen LogP contribution in [0.2, 0.25) is 0 Å². The summed E-state index contributed by atoms with van der Waals surface area (Å²) in [6.07, 6.45) is -5.03. The summed E-state index contributed by atoms with van der Waals surface area (Å²) in [5.74, 6) is -0.326. The maximum atomic E-state index is 13.7. The van der Waals surface area contributed by atoms with Gasteiger partial charge in [0, 0.05) is 18.6 Å². The van der Waals surface area contributed by atoms with Crippen LogP contribution in [0.5, 0.6) is 5.75 Å². The van der Waals surface area contributed by atoms with E-state index in [-0.39, 0.29) is 42.6 Å². The summed E-state index contributed by atoms with van der Waals surface area (Å²) >= 11 is 1.08. The molecule has 0 aliphatic carbocycles. The standard InChI is InChI=1S/C23H30F3N3O5S/c1-20(2,3)34-19(31)29-21(4,5)33-13-22(29,6)18-28-27-17(35-18)14-8-9-16(32-11-7-10-30)15(12-14)23(24,25)26/h8-9,12,30H,7,10-11,13H2,1-6H3/t22-/m1/s1. The van der Waals surface area contributed by atoms with Crippen molar-refractivity contribution in [2.24, 2.45) is 0 Å². The van der Waals surface area contributed by atoms with Gasteiger partial charge in [-0.2, -0.15) is 13.2 Å². The first-order valence-corrected chi connectivity index (χ1v) is 11.9. The molecule has 12 heteroatoms. The molecule has 8 nitrogen and oxygen atoms in total. The maximum absolute atomic E-state index is 13.7. The summed E-state index contributed by atoms with van der Waals surface area (Å²) in [6, 6.07) is 3.66. The summed E-state index contributed by atoms with van der Waals surface area (Å²) in [4.78, 5) is 14.5. The van der Waals surface area contributed by atoms with E-state index in [4.69, 9.17) is 19.3 Å². The van der Waals surface area contributed by atoms with Crippen molar-refractivity contribution in [3.8, 4) is 16.3 Å². The second-order valence-corrected chi connectivity index (χ2v) is 10.8. The van der Waals surface area contributed by atoms with Crippen molar-refractivity contribution in [3.63, 3.8) is 0 Å². The van der Waals surface area contributed by atoms with Gasteiger partial charge in [0.05, 0.1) is 18.8 Å². The minimum atomic E-state index is -4.65. The highest BCUT2D eigenvalue weighted by molar-refractivity contribution is 7.14. The van der Waals surface area contributed by atoms with Crippen LogP contribution in [0.1, 0.15) is 58.5 Å². The molecule has 3 rings (SSSR count). The Kier molecular flexibility index (Phi) is 7.41. The van der Waals surface area contributed by atoms with Gasteiger partial charge in [0.15, 0.2) is 0 Å². The Morgan fingerprint density at radius 3 is 2.51 bits per heavy atom. The lowest BCUT2D eigenvalue weighted by Crippen LogP contribution is -2.54. The SMILES string of the molecule is CC(C)(C)OC(=O)N1C(C)(C)OC[C@]1(C)c1nnc(-c2ccc(OCCCO)c(C(F)(F)F)c2)s1. The molecule has 1 aromatic carbocycles. The Balaban J connectivity index is 1.96. The first-order chi connectivity index (χ1) is 16.1. The molecule has 2 heterocycles. The van der Waals surface area contributed by atoms with Crippen LogP contribution < -0.4 is 4.74 Å². The van der Waals surface area contributed by atoms with Crippen molar-refractivity contribution in [2.75, 3.05) is 19.8 Å².